The van der Waals surface area contributed by atoms with Gasteiger partial charge in [-0.3, -0.25) is 38.7 Å². The third-order valence-electron chi connectivity index (χ3n) is 25.6. The van der Waals surface area contributed by atoms with Crippen molar-refractivity contribution in [3.8, 4) is 17.1 Å². The molecule has 8 aromatic heterocycles. The topological polar surface area (TPSA) is 223 Å². The maximum atomic E-state index is 14.6. The number of aryl methyl sites for hydroxylation is 4. The van der Waals surface area contributed by atoms with Gasteiger partial charge in [0.15, 0.2) is 17.3 Å². The van der Waals surface area contributed by atoms with Crippen LogP contribution in [0.5, 0.6) is 0 Å². The van der Waals surface area contributed by atoms with Crippen molar-refractivity contribution in [2.75, 3.05) is 14.1 Å². The van der Waals surface area contributed by atoms with Crippen LogP contribution in [-0.4, -0.2) is 153 Å². The first-order valence-electron chi connectivity index (χ1n) is 41.0. The van der Waals surface area contributed by atoms with Crippen LogP contribution in [0.15, 0.2) is 241 Å². The van der Waals surface area contributed by atoms with Crippen molar-refractivity contribution in [2.45, 2.75) is 151 Å². The molecule has 0 radical (unpaired) electrons. The van der Waals surface area contributed by atoms with Crippen molar-refractivity contribution in [1.29, 1.82) is 0 Å². The van der Waals surface area contributed by atoms with Crippen LogP contribution in [0.2, 0.25) is 0 Å². The Labute approximate surface area is 703 Å². The highest BCUT2D eigenvalue weighted by Crippen LogP contribution is 2.56. The number of benzene rings is 4. The largest absolute Gasteiger partial charge is 0.372 e. The summed E-state index contributed by atoms with van der Waals surface area (Å²) in [5, 5.41) is 22.5. The van der Waals surface area contributed by atoms with Crippen LogP contribution in [0.1, 0.15) is 159 Å². The Balaban J connectivity index is 0.000000129. The van der Waals surface area contributed by atoms with Gasteiger partial charge in [0.05, 0.1) is 111 Å². The third-order valence-corrected chi connectivity index (χ3v) is 30.0. The van der Waals surface area contributed by atoms with Crippen molar-refractivity contribution in [2.24, 2.45) is 23.3 Å². The Morgan fingerprint density at radius 2 is 0.901 bits per heavy atom. The van der Waals surface area contributed by atoms with Crippen molar-refractivity contribution in [3.05, 3.63) is 316 Å². The average Bonchev–Trinajstić information content (AvgIpc) is 1.71. The van der Waals surface area contributed by atoms with Crippen LogP contribution in [0.4, 0.5) is 13.2 Å². The highest BCUT2D eigenvalue weighted by molar-refractivity contribution is 7.98. The summed E-state index contributed by atoms with van der Waals surface area (Å²) < 4.78 is 82.1. The summed E-state index contributed by atoms with van der Waals surface area (Å²) in [6, 6.07) is 42.0. The number of hydrogen-bond donors (Lipinski definition) is 0. The summed E-state index contributed by atoms with van der Waals surface area (Å²) in [5.41, 5.74) is 14.0. The lowest BCUT2D eigenvalue weighted by molar-refractivity contribution is 0.0732. The van der Waals surface area contributed by atoms with Gasteiger partial charge >= 0.3 is 0 Å². The fourth-order valence-electron chi connectivity index (χ4n) is 19.0. The number of halogens is 3. The molecule has 12 aromatic rings. The molecule has 121 heavy (non-hydrogen) atoms. The van der Waals surface area contributed by atoms with E-state index < -0.39 is 35.7 Å². The van der Waals surface area contributed by atoms with E-state index in [0.29, 0.717) is 91.2 Å². The lowest BCUT2D eigenvalue weighted by Gasteiger charge is -2.47. The zero-order valence-corrected chi connectivity index (χ0v) is 70.2. The number of ketones is 3. The number of carbonyl (C=O) groups is 3. The van der Waals surface area contributed by atoms with E-state index in [1.165, 1.54) is 36.4 Å². The molecule has 0 N–H and O–H groups in total. The summed E-state index contributed by atoms with van der Waals surface area (Å²) in [6.45, 7) is 10.9. The van der Waals surface area contributed by atoms with Crippen LogP contribution in [-0.2, 0) is 52.3 Å². The first-order valence-corrected chi connectivity index (χ1v) is 44.4. The second-order valence-corrected chi connectivity index (χ2v) is 37.7. The molecule has 4 aromatic carbocycles. The van der Waals surface area contributed by atoms with Gasteiger partial charge in [0.2, 0.25) is 0 Å². The summed E-state index contributed by atoms with van der Waals surface area (Å²) in [7, 11) is 0.0783. The van der Waals surface area contributed by atoms with Crippen LogP contribution >= 0.6 is 0 Å². The van der Waals surface area contributed by atoms with Crippen LogP contribution < -0.4 is 0 Å². The molecule has 21 nitrogen and oxygen atoms in total. The molecular formula is C95H95F3N16O5S2. The van der Waals surface area contributed by atoms with E-state index in [2.05, 4.69) is 105 Å². The maximum absolute atomic E-state index is 14.6. The first kappa shape index (κ1) is 81.3. The normalized spacial score (nSPS) is 21.7. The number of pyridine rings is 3. The van der Waals surface area contributed by atoms with Gasteiger partial charge in [-0.1, -0.05) is 59.7 Å². The van der Waals surface area contributed by atoms with Crippen LogP contribution in [0.3, 0.4) is 0 Å². The second kappa shape index (κ2) is 32.5. The summed E-state index contributed by atoms with van der Waals surface area (Å²) in [6.07, 6.45) is 33.1. The maximum Gasteiger partial charge on any atom is 0.191 e. The van der Waals surface area contributed by atoms with Crippen LogP contribution in [0, 0.1) is 47.5 Å². The van der Waals surface area contributed by atoms with Crippen molar-refractivity contribution >= 4 is 72.4 Å². The fraction of sp³-hybridized carbons (Fsp3) is 0.295. The molecular weight excluding hydrogens is 1570 g/mol. The molecule has 4 fully saturated rings. The first-order chi connectivity index (χ1) is 58.2. The minimum Gasteiger partial charge on any atom is -0.372 e. The van der Waals surface area contributed by atoms with E-state index in [1.54, 1.807) is 100 Å². The predicted molar refractivity (Wildman–Crippen MR) is 465 cm³/mol. The molecule has 7 aliphatic carbocycles. The molecule has 0 amide bonds. The van der Waals surface area contributed by atoms with Gasteiger partial charge in [-0.05, 0) is 290 Å². The Kier molecular flexibility index (Phi) is 21.8. The van der Waals surface area contributed by atoms with E-state index >= 15 is 0 Å². The molecule has 4 saturated carbocycles. The summed E-state index contributed by atoms with van der Waals surface area (Å²) >= 11 is 0. The lowest BCUT2D eigenvalue weighted by atomic mass is 9.60. The standard InChI is InChI=1S/C32H33FN6O2S.C32H29FN4O.C31H33FN6O2S/c1-21-12-13-34-29(14-21)31(40)32-16-22-18-36-38(25-8-5-24(33)6-9-25)30(22)15-23(32)4-7-27(17-32)39(26-10-11-26)42(3,41)28-19-35-37(2)20-28;1-22(23-8-4-3-5-9-23)36(2)28-14-11-25-18-30-24(21-35-37(30)27-15-12-26(33)13-16-27)19-32(25,20-28)31(38)29-10-6-7-17-34-29;1-5-37-20-27(19-34-37)41(4,40)36(3)26-9-6-23-15-29-22(18-35-38(29)25-10-7-24(32)8-11-25)16-31(23,17-26)30(39)28-14-21(2)12-13-33-28/h5-6,8-9,12-15,18-20,26-27H,3-4,7,10-11,16-17H2,1-2H3;3-10,12-13,15-18,21,28H,1,11,14,19-20H2,2H3;7-8,10-15,18-20,26H,4-6,9,16-17H2,1-3H3/t27-,32-,42?;28-,32-;26-,31-,41?/m000/s1. The number of rotatable bonds is 20. The zero-order valence-electron chi connectivity index (χ0n) is 68.5. The number of carbonyl (C=O) groups excluding carboxylic acids is 3. The predicted octanol–water partition coefficient (Wildman–Crippen LogP) is 16.2. The van der Waals surface area contributed by atoms with Crippen molar-refractivity contribution < 1.29 is 36.0 Å². The minimum atomic E-state index is -2.83. The highest BCUT2D eigenvalue weighted by Gasteiger charge is 2.55. The number of fused-ring (bicyclic) bond motifs is 6. The lowest BCUT2D eigenvalue weighted by Crippen LogP contribution is -2.51. The molecule has 618 valence electrons. The van der Waals surface area contributed by atoms with E-state index in [-0.39, 0.29) is 59.0 Å². The zero-order chi connectivity index (χ0) is 84.4. The molecule has 8 atom stereocenters. The molecule has 26 heteroatoms. The van der Waals surface area contributed by atoms with Gasteiger partial charge in [0, 0.05) is 81.5 Å². The molecule has 0 spiro atoms. The molecule has 7 aliphatic rings. The van der Waals surface area contributed by atoms with E-state index in [0.717, 1.165) is 122 Å². The van der Waals surface area contributed by atoms with E-state index in [9.17, 15) is 36.0 Å². The highest BCUT2D eigenvalue weighted by atomic mass is 32.2. The van der Waals surface area contributed by atoms with Gasteiger partial charge in [-0.25, -0.2) is 44.2 Å². The Hall–Kier alpha value is -12.1. The molecule has 2 unspecified atom stereocenters. The van der Waals surface area contributed by atoms with Gasteiger partial charge in [-0.2, -0.15) is 25.5 Å². The van der Waals surface area contributed by atoms with Gasteiger partial charge in [0.1, 0.15) is 34.5 Å². The summed E-state index contributed by atoms with van der Waals surface area (Å²) in [4.78, 5) is 60.2. The van der Waals surface area contributed by atoms with Gasteiger partial charge < -0.3 is 4.90 Å². The Morgan fingerprint density at radius 3 is 1.33 bits per heavy atom. The second-order valence-electron chi connectivity index (χ2n) is 33.2. The van der Waals surface area contributed by atoms with Crippen LogP contribution in [0.25, 0.3) is 41.0 Å². The van der Waals surface area contributed by atoms with E-state index in [1.807, 2.05) is 122 Å². The van der Waals surface area contributed by atoms with Crippen molar-refractivity contribution in [1.82, 2.24) is 77.4 Å². The smallest absolute Gasteiger partial charge is 0.191 e. The molecule has 8 heterocycles. The Morgan fingerprint density at radius 1 is 0.479 bits per heavy atom. The molecule has 0 saturated heterocycles. The number of allylic oxidation sites excluding steroid dienone is 3. The molecule has 0 bridgehead atoms. The third kappa shape index (κ3) is 15.3. The summed E-state index contributed by atoms with van der Waals surface area (Å²) in [5.74, 6) is 7.48. The van der Waals surface area contributed by atoms with Crippen molar-refractivity contribution in [3.63, 3.8) is 0 Å². The fourth-order valence-corrected chi connectivity index (χ4v) is 22.6. The molecule has 19 rings (SSSR count). The average molecular weight is 1660 g/mol. The molecule has 0 aliphatic heterocycles. The number of hydrogen-bond acceptors (Lipinski definition) is 14. The number of aromatic nitrogens is 13. The van der Waals surface area contributed by atoms with Gasteiger partial charge in [-0.15, -0.1) is 0 Å². The number of nitrogens with zero attached hydrogens (tertiary/aromatic N) is 16. The SMILES string of the molecule is C=C(c1ccccc1)N(C)[C@H]1CCC2=Cc3c(cnn3-c3ccc(F)cc3)C[C@]2(C(=O)c2ccccn2)C1.C=S(=O)(c1cnn(C)c1)N(C1CC1)[C@H]1CCC2=Cc3c(cnn3-c3ccc(F)cc3)C[C@]2(C(=O)c2cc(C)ccn2)C1.C=S(=O)(c1cnn(CC)c1)N(C)[C@H]1CCC2=Cc3c(cnn3-c3ccc(F)cc3)C[C@]2(C(=O)c2cc(C)ccn2)C1. The number of Topliss-reactive ketones (excluding diaryl/α,β-unsaturated/α-hetero) is 3. The minimum absolute atomic E-state index is 0.0185. The Bertz CT molecular complexity index is 6350. The quantitative estimate of drug-likeness (QED) is 0.0511. The van der Waals surface area contributed by atoms with E-state index in [4.69, 9.17) is 0 Å². The van der Waals surface area contributed by atoms with Gasteiger partial charge in [0.25, 0.3) is 0 Å². The monoisotopic (exact) mass is 1660 g/mol.